The van der Waals surface area contributed by atoms with Gasteiger partial charge in [-0.25, -0.2) is 9.97 Å². The minimum Gasteiger partial charge on any atom is -0.347 e. The summed E-state index contributed by atoms with van der Waals surface area (Å²) in [5.74, 6) is 0.506. The summed E-state index contributed by atoms with van der Waals surface area (Å²) >= 11 is 7.15. The SMILES string of the molecule is Cc1cc(C)nc(Sc2nc(Cl)nc(N(C)C)n2)n1. The van der Waals surface area contributed by atoms with Crippen LogP contribution in [0.2, 0.25) is 5.28 Å². The molecule has 2 rings (SSSR count). The highest BCUT2D eigenvalue weighted by atomic mass is 35.5. The topological polar surface area (TPSA) is 67.7 Å². The number of hydrogen-bond donors (Lipinski definition) is 0. The van der Waals surface area contributed by atoms with E-state index in [0.717, 1.165) is 11.4 Å². The minimum atomic E-state index is 0.158. The molecule has 19 heavy (non-hydrogen) atoms. The van der Waals surface area contributed by atoms with Gasteiger partial charge in [0.05, 0.1) is 0 Å². The predicted octanol–water partition coefficient (Wildman–Crippen LogP) is 2.15. The fraction of sp³-hybridized carbons (Fsp3) is 0.364. The first-order chi connectivity index (χ1) is 8.94. The van der Waals surface area contributed by atoms with E-state index in [2.05, 4.69) is 24.9 Å². The lowest BCUT2D eigenvalue weighted by Gasteiger charge is -2.10. The van der Waals surface area contributed by atoms with E-state index in [4.69, 9.17) is 11.6 Å². The van der Waals surface area contributed by atoms with Crippen molar-refractivity contribution < 1.29 is 0 Å². The molecule has 0 fully saturated rings. The Hall–Kier alpha value is -1.47. The second-order valence-corrected chi connectivity index (χ2v) is 5.39. The molecule has 6 nitrogen and oxygen atoms in total. The van der Waals surface area contributed by atoms with Gasteiger partial charge in [-0.15, -0.1) is 0 Å². The summed E-state index contributed by atoms with van der Waals surface area (Å²) in [7, 11) is 3.68. The average Bonchev–Trinajstić information content (AvgIpc) is 2.26. The molecule has 0 atom stereocenters. The van der Waals surface area contributed by atoms with Crippen LogP contribution in [0.3, 0.4) is 0 Å². The van der Waals surface area contributed by atoms with Crippen LogP contribution >= 0.6 is 23.4 Å². The maximum absolute atomic E-state index is 5.88. The summed E-state index contributed by atoms with van der Waals surface area (Å²) in [6.45, 7) is 3.84. The van der Waals surface area contributed by atoms with Gasteiger partial charge >= 0.3 is 0 Å². The average molecular weight is 297 g/mol. The van der Waals surface area contributed by atoms with Crippen LogP contribution in [-0.4, -0.2) is 39.0 Å². The van der Waals surface area contributed by atoms with E-state index in [1.807, 2.05) is 34.0 Å². The van der Waals surface area contributed by atoms with Gasteiger partial charge < -0.3 is 4.90 Å². The van der Waals surface area contributed by atoms with Gasteiger partial charge in [0.2, 0.25) is 16.4 Å². The van der Waals surface area contributed by atoms with Crippen molar-refractivity contribution in [3.05, 3.63) is 22.7 Å². The van der Waals surface area contributed by atoms with Gasteiger partial charge in [0.25, 0.3) is 0 Å². The van der Waals surface area contributed by atoms with Crippen molar-refractivity contribution in [2.75, 3.05) is 19.0 Å². The predicted molar refractivity (Wildman–Crippen MR) is 74.8 cm³/mol. The lowest BCUT2D eigenvalue weighted by Crippen LogP contribution is -2.13. The number of aromatic nitrogens is 5. The van der Waals surface area contributed by atoms with Crippen LogP contribution in [-0.2, 0) is 0 Å². The van der Waals surface area contributed by atoms with E-state index in [9.17, 15) is 0 Å². The van der Waals surface area contributed by atoms with Crippen LogP contribution in [0.25, 0.3) is 0 Å². The Morgan fingerprint density at radius 3 is 2.11 bits per heavy atom. The van der Waals surface area contributed by atoms with Gasteiger partial charge in [0.15, 0.2) is 5.16 Å². The zero-order chi connectivity index (χ0) is 14.0. The van der Waals surface area contributed by atoms with E-state index in [1.165, 1.54) is 11.8 Å². The second kappa shape index (κ2) is 5.66. The van der Waals surface area contributed by atoms with Crippen molar-refractivity contribution in [2.24, 2.45) is 0 Å². The molecule has 0 radical (unpaired) electrons. The molecule has 0 aliphatic heterocycles. The quantitative estimate of drug-likeness (QED) is 0.804. The third-order valence-electron chi connectivity index (χ3n) is 2.12. The molecule has 0 bridgehead atoms. The van der Waals surface area contributed by atoms with Gasteiger partial charge in [-0.2, -0.15) is 15.0 Å². The first-order valence-corrected chi connectivity index (χ1v) is 6.72. The minimum absolute atomic E-state index is 0.158. The first kappa shape index (κ1) is 14.0. The molecule has 0 aromatic carbocycles. The molecule has 8 heteroatoms. The van der Waals surface area contributed by atoms with Crippen LogP contribution in [0.4, 0.5) is 5.95 Å². The van der Waals surface area contributed by atoms with Gasteiger partial charge in [-0.1, -0.05) is 0 Å². The van der Waals surface area contributed by atoms with Crippen molar-refractivity contribution in [1.82, 2.24) is 24.9 Å². The molecule has 2 aromatic rings. The summed E-state index contributed by atoms with van der Waals surface area (Å²) in [5, 5.41) is 1.24. The van der Waals surface area contributed by atoms with Gasteiger partial charge in [0, 0.05) is 25.5 Å². The Balaban J connectivity index is 2.32. The van der Waals surface area contributed by atoms with Crippen molar-refractivity contribution in [2.45, 2.75) is 24.2 Å². The summed E-state index contributed by atoms with van der Waals surface area (Å²) in [5.41, 5.74) is 1.81. The smallest absolute Gasteiger partial charge is 0.230 e. The van der Waals surface area contributed by atoms with E-state index >= 15 is 0 Å². The normalized spacial score (nSPS) is 10.6. The molecule has 2 aromatic heterocycles. The third-order valence-corrected chi connectivity index (χ3v) is 3.02. The lowest BCUT2D eigenvalue weighted by molar-refractivity contribution is 0.850. The molecule has 0 amide bonds. The van der Waals surface area contributed by atoms with Crippen LogP contribution in [0.5, 0.6) is 0 Å². The molecule has 100 valence electrons. The van der Waals surface area contributed by atoms with Gasteiger partial charge in [-0.05, 0) is 43.3 Å². The van der Waals surface area contributed by atoms with Crippen molar-refractivity contribution in [3.63, 3.8) is 0 Å². The summed E-state index contributed by atoms with van der Waals surface area (Å²) in [4.78, 5) is 22.8. The van der Waals surface area contributed by atoms with Crippen LogP contribution in [0.1, 0.15) is 11.4 Å². The Morgan fingerprint density at radius 2 is 1.53 bits per heavy atom. The number of anilines is 1. The number of hydrogen-bond acceptors (Lipinski definition) is 7. The number of rotatable bonds is 3. The van der Waals surface area contributed by atoms with E-state index in [1.54, 1.807) is 4.90 Å². The number of aryl methyl sites for hydroxylation is 2. The highest BCUT2D eigenvalue weighted by Crippen LogP contribution is 2.23. The van der Waals surface area contributed by atoms with E-state index in [0.29, 0.717) is 16.3 Å². The van der Waals surface area contributed by atoms with Crippen molar-refractivity contribution in [3.8, 4) is 0 Å². The zero-order valence-corrected chi connectivity index (χ0v) is 12.6. The Labute approximate surface area is 120 Å². The Morgan fingerprint density at radius 1 is 0.947 bits per heavy atom. The van der Waals surface area contributed by atoms with Crippen LogP contribution in [0.15, 0.2) is 16.4 Å². The highest BCUT2D eigenvalue weighted by molar-refractivity contribution is 7.99. The Bertz CT molecular complexity index is 583. The molecule has 0 unspecified atom stereocenters. The van der Waals surface area contributed by atoms with Crippen molar-refractivity contribution >= 4 is 29.3 Å². The molecule has 0 aliphatic rings. The summed E-state index contributed by atoms with van der Waals surface area (Å²) < 4.78 is 0. The second-order valence-electron chi connectivity index (χ2n) is 4.12. The number of halogens is 1. The van der Waals surface area contributed by atoms with E-state index in [-0.39, 0.29) is 5.28 Å². The highest BCUT2D eigenvalue weighted by Gasteiger charge is 2.10. The zero-order valence-electron chi connectivity index (χ0n) is 11.0. The van der Waals surface area contributed by atoms with Crippen LogP contribution in [0, 0.1) is 13.8 Å². The monoisotopic (exact) mass is 296 g/mol. The van der Waals surface area contributed by atoms with Gasteiger partial charge in [-0.3, -0.25) is 0 Å². The third kappa shape index (κ3) is 3.74. The molecule has 0 N–H and O–H groups in total. The maximum atomic E-state index is 5.88. The van der Waals surface area contributed by atoms with E-state index < -0.39 is 0 Å². The molecule has 0 saturated carbocycles. The van der Waals surface area contributed by atoms with Gasteiger partial charge in [0.1, 0.15) is 0 Å². The largest absolute Gasteiger partial charge is 0.347 e. The summed E-state index contributed by atoms with van der Waals surface area (Å²) in [6.07, 6.45) is 0. The molecular formula is C11H13ClN6S. The first-order valence-electron chi connectivity index (χ1n) is 5.53. The Kier molecular flexibility index (Phi) is 4.16. The molecule has 2 heterocycles. The molecule has 0 aliphatic carbocycles. The van der Waals surface area contributed by atoms with Crippen molar-refractivity contribution in [1.29, 1.82) is 0 Å². The molecular weight excluding hydrogens is 284 g/mol. The van der Waals surface area contributed by atoms with Crippen LogP contribution < -0.4 is 4.90 Å². The molecule has 0 spiro atoms. The fourth-order valence-corrected chi connectivity index (χ4v) is 2.40. The summed E-state index contributed by atoms with van der Waals surface area (Å²) in [6, 6.07) is 1.91. The maximum Gasteiger partial charge on any atom is 0.230 e. The lowest BCUT2D eigenvalue weighted by atomic mass is 10.4. The molecule has 0 saturated heterocycles. The standard InChI is InChI=1S/C11H13ClN6S/c1-6-5-7(2)14-10(13-6)19-11-16-8(12)15-9(17-11)18(3)4/h5H,1-4H3. The fourth-order valence-electron chi connectivity index (χ4n) is 1.39. The number of nitrogens with zero attached hydrogens (tertiary/aromatic N) is 6.